The predicted molar refractivity (Wildman–Crippen MR) is 90.1 cm³/mol. The Morgan fingerprint density at radius 1 is 0.731 bits per heavy atom. The van der Waals surface area contributed by atoms with Gasteiger partial charge in [-0.05, 0) is 24.7 Å². The number of hydrogen-bond donors (Lipinski definition) is 2. The van der Waals surface area contributed by atoms with Gasteiger partial charge in [0.15, 0.2) is 0 Å². The van der Waals surface area contributed by atoms with E-state index < -0.39 is 47.5 Å². The summed E-state index contributed by atoms with van der Waals surface area (Å²) in [7, 11) is 0. The molecule has 1 fully saturated rings. The zero-order valence-electron chi connectivity index (χ0n) is 15.6. The summed E-state index contributed by atoms with van der Waals surface area (Å²) in [6, 6.07) is 0. The molecule has 1 aliphatic carbocycles. The molecule has 0 radical (unpaired) electrons. The number of carboxylic acid groups (broad SMARTS) is 2. The normalized spacial score (nSPS) is 25.8. The molecular formula is C18H28O8. The van der Waals surface area contributed by atoms with Crippen molar-refractivity contribution in [1.82, 2.24) is 0 Å². The predicted octanol–water partition coefficient (Wildman–Crippen LogP) is 1.81. The van der Waals surface area contributed by atoms with Gasteiger partial charge in [-0.25, -0.2) is 0 Å². The van der Waals surface area contributed by atoms with E-state index in [1.54, 1.807) is 0 Å². The number of aliphatic carboxylic acids is 2. The van der Waals surface area contributed by atoms with Crippen molar-refractivity contribution in [1.29, 1.82) is 0 Å². The Morgan fingerprint density at radius 3 is 1.31 bits per heavy atom. The summed E-state index contributed by atoms with van der Waals surface area (Å²) in [5, 5.41) is 18.8. The number of hydrogen-bond acceptors (Lipinski definition) is 6. The highest BCUT2D eigenvalue weighted by Crippen LogP contribution is 2.40. The zero-order valence-corrected chi connectivity index (χ0v) is 15.6. The van der Waals surface area contributed by atoms with E-state index in [0.29, 0.717) is 0 Å². The summed E-state index contributed by atoms with van der Waals surface area (Å²) in [5.74, 6) is -8.36. The van der Waals surface area contributed by atoms with Crippen LogP contribution in [0.25, 0.3) is 0 Å². The van der Waals surface area contributed by atoms with E-state index in [-0.39, 0.29) is 37.9 Å². The van der Waals surface area contributed by atoms with Crippen molar-refractivity contribution in [3.05, 3.63) is 0 Å². The van der Waals surface area contributed by atoms with E-state index in [1.807, 2.05) is 27.7 Å². The summed E-state index contributed by atoms with van der Waals surface area (Å²) >= 11 is 0. The van der Waals surface area contributed by atoms with Crippen LogP contribution in [0.2, 0.25) is 0 Å². The maximum atomic E-state index is 12.3. The van der Waals surface area contributed by atoms with Gasteiger partial charge in [-0.15, -0.1) is 0 Å². The van der Waals surface area contributed by atoms with Crippen LogP contribution in [0.3, 0.4) is 0 Å². The molecule has 0 aliphatic heterocycles. The molecule has 4 atom stereocenters. The van der Waals surface area contributed by atoms with Crippen LogP contribution in [0.5, 0.6) is 0 Å². The largest absolute Gasteiger partial charge is 0.481 e. The summed E-state index contributed by atoms with van der Waals surface area (Å²) in [5.41, 5.74) is 0. The van der Waals surface area contributed by atoms with Crippen molar-refractivity contribution in [3.8, 4) is 0 Å². The minimum absolute atomic E-state index is 0.0735. The van der Waals surface area contributed by atoms with Crippen LogP contribution in [0.15, 0.2) is 0 Å². The lowest BCUT2D eigenvalue weighted by Gasteiger charge is -2.35. The van der Waals surface area contributed by atoms with Crippen LogP contribution in [0, 0.1) is 35.5 Å². The Morgan fingerprint density at radius 2 is 1.04 bits per heavy atom. The van der Waals surface area contributed by atoms with Gasteiger partial charge in [0.25, 0.3) is 0 Å². The van der Waals surface area contributed by atoms with Gasteiger partial charge in [0.1, 0.15) is 0 Å². The van der Waals surface area contributed by atoms with Crippen LogP contribution < -0.4 is 0 Å². The Balaban J connectivity index is 3.01. The number of carbonyl (C=O) groups is 4. The maximum Gasteiger partial charge on any atom is 0.309 e. The minimum atomic E-state index is -1.27. The number of carbonyl (C=O) groups excluding carboxylic acids is 2. The van der Waals surface area contributed by atoms with E-state index in [4.69, 9.17) is 9.47 Å². The van der Waals surface area contributed by atoms with E-state index in [0.717, 1.165) is 0 Å². The molecule has 1 rings (SSSR count). The van der Waals surface area contributed by atoms with Crippen LogP contribution in [0.1, 0.15) is 40.5 Å². The lowest BCUT2D eigenvalue weighted by molar-refractivity contribution is -0.172. The molecule has 148 valence electrons. The molecule has 0 saturated heterocycles. The summed E-state index contributed by atoms with van der Waals surface area (Å²) < 4.78 is 10.3. The molecule has 8 nitrogen and oxygen atoms in total. The van der Waals surface area contributed by atoms with Crippen molar-refractivity contribution in [2.24, 2.45) is 35.5 Å². The molecule has 0 amide bonds. The molecule has 0 spiro atoms. The van der Waals surface area contributed by atoms with Crippen molar-refractivity contribution >= 4 is 23.9 Å². The Hall–Kier alpha value is -2.12. The highest BCUT2D eigenvalue weighted by Gasteiger charge is 2.50. The van der Waals surface area contributed by atoms with Gasteiger partial charge in [0.05, 0.1) is 36.9 Å². The second-order valence-corrected chi connectivity index (χ2v) is 7.62. The van der Waals surface area contributed by atoms with Crippen molar-refractivity contribution in [3.63, 3.8) is 0 Å². The Kier molecular flexibility index (Phi) is 8.05. The lowest BCUT2D eigenvalue weighted by atomic mass is 9.68. The van der Waals surface area contributed by atoms with Gasteiger partial charge in [0, 0.05) is 0 Å². The molecule has 4 unspecified atom stereocenters. The standard InChI is InChI=1S/C18H28O8/c1-9(2)7-25-17(23)13-6-14(18(24)26-8-10(3)4)12(16(21)22)5-11(13)15(19)20/h9-14H,5-8H2,1-4H3,(H,19,20)(H,21,22). The van der Waals surface area contributed by atoms with Crippen LogP contribution >= 0.6 is 0 Å². The van der Waals surface area contributed by atoms with Crippen LogP contribution in [-0.2, 0) is 28.7 Å². The van der Waals surface area contributed by atoms with Gasteiger partial charge in [0.2, 0.25) is 0 Å². The van der Waals surface area contributed by atoms with E-state index in [1.165, 1.54) is 0 Å². The lowest BCUT2D eigenvalue weighted by Crippen LogP contribution is -2.46. The molecule has 8 heteroatoms. The Labute approximate surface area is 152 Å². The third kappa shape index (κ3) is 6.00. The highest BCUT2D eigenvalue weighted by molar-refractivity contribution is 5.86. The molecule has 0 aromatic carbocycles. The van der Waals surface area contributed by atoms with Crippen LogP contribution in [0.4, 0.5) is 0 Å². The van der Waals surface area contributed by atoms with E-state index in [9.17, 15) is 29.4 Å². The summed E-state index contributed by atoms with van der Waals surface area (Å²) in [4.78, 5) is 47.8. The topological polar surface area (TPSA) is 127 Å². The fraction of sp³-hybridized carbons (Fsp3) is 0.778. The maximum absolute atomic E-state index is 12.3. The molecule has 26 heavy (non-hydrogen) atoms. The van der Waals surface area contributed by atoms with Crippen molar-refractivity contribution < 1.29 is 38.9 Å². The van der Waals surface area contributed by atoms with Gasteiger partial charge >= 0.3 is 23.9 Å². The highest BCUT2D eigenvalue weighted by atomic mass is 16.5. The van der Waals surface area contributed by atoms with E-state index in [2.05, 4.69) is 0 Å². The van der Waals surface area contributed by atoms with Gasteiger partial charge in [-0.2, -0.15) is 0 Å². The molecule has 2 N–H and O–H groups in total. The van der Waals surface area contributed by atoms with Gasteiger partial charge in [-0.3, -0.25) is 19.2 Å². The monoisotopic (exact) mass is 372 g/mol. The molecule has 0 aromatic rings. The first-order chi connectivity index (χ1) is 12.0. The quantitative estimate of drug-likeness (QED) is 0.618. The number of carboxylic acids is 2. The number of ether oxygens (including phenoxy) is 2. The molecule has 0 bridgehead atoms. The molecule has 1 aliphatic rings. The first-order valence-electron chi connectivity index (χ1n) is 8.83. The van der Waals surface area contributed by atoms with Crippen molar-refractivity contribution in [2.75, 3.05) is 13.2 Å². The first kappa shape index (κ1) is 21.9. The number of rotatable bonds is 8. The van der Waals surface area contributed by atoms with Gasteiger partial charge in [-0.1, -0.05) is 27.7 Å². The number of esters is 2. The third-order valence-electron chi connectivity index (χ3n) is 4.34. The first-order valence-corrected chi connectivity index (χ1v) is 8.83. The van der Waals surface area contributed by atoms with E-state index >= 15 is 0 Å². The average molecular weight is 372 g/mol. The summed E-state index contributed by atoms with van der Waals surface area (Å²) in [6.45, 7) is 7.63. The molecule has 1 saturated carbocycles. The molecule has 0 heterocycles. The zero-order chi connectivity index (χ0) is 20.0. The molecular weight excluding hydrogens is 344 g/mol. The average Bonchev–Trinajstić information content (AvgIpc) is 2.55. The summed E-state index contributed by atoms with van der Waals surface area (Å²) in [6.07, 6.45) is -0.519. The second kappa shape index (κ2) is 9.54. The fourth-order valence-corrected chi connectivity index (χ4v) is 2.98. The fourth-order valence-electron chi connectivity index (χ4n) is 2.98. The Bertz CT molecular complexity index is 493. The van der Waals surface area contributed by atoms with Gasteiger partial charge < -0.3 is 19.7 Å². The van der Waals surface area contributed by atoms with Crippen molar-refractivity contribution in [2.45, 2.75) is 40.5 Å². The smallest absolute Gasteiger partial charge is 0.309 e. The SMILES string of the molecule is CC(C)COC(=O)C1CC(C(=O)OCC(C)C)C(C(=O)O)CC1C(=O)O. The third-order valence-corrected chi connectivity index (χ3v) is 4.34. The van der Waals surface area contributed by atoms with Crippen LogP contribution in [-0.4, -0.2) is 47.3 Å². The second-order valence-electron chi connectivity index (χ2n) is 7.62. The minimum Gasteiger partial charge on any atom is -0.481 e. The molecule has 0 aromatic heterocycles.